The van der Waals surface area contributed by atoms with Crippen molar-refractivity contribution in [2.75, 3.05) is 25.9 Å². The third kappa shape index (κ3) is 4.67. The molecular weight excluding hydrogens is 362 g/mol. The third-order valence-corrected chi connectivity index (χ3v) is 7.49. The predicted octanol–water partition coefficient (Wildman–Crippen LogP) is 1.60. The zero-order valence-corrected chi connectivity index (χ0v) is 16.9. The van der Waals surface area contributed by atoms with Crippen molar-refractivity contribution in [2.24, 2.45) is 5.92 Å². The predicted molar refractivity (Wildman–Crippen MR) is 101 cm³/mol. The molecule has 0 spiro atoms. The molecule has 0 aromatic heterocycles. The number of rotatable bonds is 4. The number of carbonyl (C=O) groups is 1. The number of carbonyl (C=O) groups excluding carboxylic acids is 1. The fraction of sp³-hybridized carbons (Fsp3) is 0.941. The lowest BCUT2D eigenvalue weighted by molar-refractivity contribution is -0.134. The van der Waals surface area contributed by atoms with Gasteiger partial charge in [0.05, 0.1) is 12.3 Å². The molecule has 6 nitrogen and oxygen atoms in total. The molecule has 3 unspecified atom stereocenters. The Labute approximate surface area is 158 Å². The molecule has 0 radical (unpaired) electrons. The van der Waals surface area contributed by atoms with Gasteiger partial charge in [0, 0.05) is 31.7 Å². The second kappa shape index (κ2) is 8.55. The van der Waals surface area contributed by atoms with Crippen LogP contribution in [0.15, 0.2) is 0 Å². The molecule has 1 amide bonds. The van der Waals surface area contributed by atoms with E-state index in [-0.39, 0.29) is 30.4 Å². The Kier molecular flexibility index (Phi) is 7.16. The second-order valence-corrected chi connectivity index (χ2v) is 9.56. The SMILES string of the molecule is CCN(C1CCN(C(=O)C2CC3CCCCC3N2)CC1)S(C)(=O)=O.Cl. The summed E-state index contributed by atoms with van der Waals surface area (Å²) in [4.78, 5) is 14.8. The summed E-state index contributed by atoms with van der Waals surface area (Å²) in [5.41, 5.74) is 0. The van der Waals surface area contributed by atoms with E-state index in [4.69, 9.17) is 0 Å². The molecule has 0 aromatic carbocycles. The zero-order chi connectivity index (χ0) is 17.3. The number of nitrogens with zero attached hydrogens (tertiary/aromatic N) is 2. The van der Waals surface area contributed by atoms with Crippen LogP contribution in [0.25, 0.3) is 0 Å². The average molecular weight is 394 g/mol. The smallest absolute Gasteiger partial charge is 0.239 e. The Morgan fingerprint density at radius 2 is 1.80 bits per heavy atom. The summed E-state index contributed by atoms with van der Waals surface area (Å²) in [5.74, 6) is 0.899. The third-order valence-electron chi connectivity index (χ3n) is 6.08. The van der Waals surface area contributed by atoms with Crippen LogP contribution < -0.4 is 5.32 Å². The average Bonchev–Trinajstić information content (AvgIpc) is 2.98. The molecule has 0 aromatic rings. The first kappa shape index (κ1) is 20.9. The summed E-state index contributed by atoms with van der Waals surface area (Å²) < 4.78 is 25.3. The van der Waals surface area contributed by atoms with Crippen molar-refractivity contribution in [1.82, 2.24) is 14.5 Å². The zero-order valence-electron chi connectivity index (χ0n) is 15.3. The normalized spacial score (nSPS) is 30.8. The molecule has 146 valence electrons. The fourth-order valence-corrected chi connectivity index (χ4v) is 6.09. The van der Waals surface area contributed by atoms with Crippen LogP contribution in [-0.2, 0) is 14.8 Å². The highest BCUT2D eigenvalue weighted by Crippen LogP contribution is 2.34. The highest BCUT2D eigenvalue weighted by Gasteiger charge is 2.40. The molecule has 0 bridgehead atoms. The molecular formula is C17H32ClN3O3S. The van der Waals surface area contributed by atoms with Gasteiger partial charge in [0.2, 0.25) is 15.9 Å². The summed E-state index contributed by atoms with van der Waals surface area (Å²) in [6, 6.07) is 0.547. The summed E-state index contributed by atoms with van der Waals surface area (Å²) in [5, 5.41) is 3.56. The Bertz CT molecular complexity index is 549. The van der Waals surface area contributed by atoms with Gasteiger partial charge in [-0.2, -0.15) is 4.31 Å². The van der Waals surface area contributed by atoms with E-state index in [9.17, 15) is 13.2 Å². The second-order valence-electron chi connectivity index (χ2n) is 7.63. The quantitative estimate of drug-likeness (QED) is 0.787. The molecule has 2 aliphatic heterocycles. The van der Waals surface area contributed by atoms with Gasteiger partial charge in [-0.3, -0.25) is 4.79 Å². The van der Waals surface area contributed by atoms with Crippen LogP contribution in [0.4, 0.5) is 0 Å². The first-order chi connectivity index (χ1) is 11.4. The van der Waals surface area contributed by atoms with Crippen molar-refractivity contribution in [3.8, 4) is 0 Å². The lowest BCUT2D eigenvalue weighted by Gasteiger charge is -2.37. The highest BCUT2D eigenvalue weighted by molar-refractivity contribution is 7.88. The van der Waals surface area contributed by atoms with Crippen molar-refractivity contribution in [3.05, 3.63) is 0 Å². The molecule has 1 saturated carbocycles. The Balaban J connectivity index is 0.00000225. The van der Waals surface area contributed by atoms with Crippen molar-refractivity contribution >= 4 is 28.3 Å². The van der Waals surface area contributed by atoms with Gasteiger partial charge < -0.3 is 10.2 Å². The minimum atomic E-state index is -3.16. The lowest BCUT2D eigenvalue weighted by atomic mass is 9.85. The minimum absolute atomic E-state index is 0. The van der Waals surface area contributed by atoms with Crippen molar-refractivity contribution < 1.29 is 13.2 Å². The van der Waals surface area contributed by atoms with E-state index in [0.29, 0.717) is 31.6 Å². The standard InChI is InChI=1S/C17H31N3O3S.ClH/c1-3-20(24(2,22)23)14-8-10-19(11-9-14)17(21)16-12-13-6-4-5-7-15(13)18-16;/h13-16,18H,3-12H2,1-2H3;1H. The first-order valence-corrected chi connectivity index (χ1v) is 11.3. The maximum atomic E-state index is 12.8. The van der Waals surface area contributed by atoms with Crippen molar-refractivity contribution in [3.63, 3.8) is 0 Å². The van der Waals surface area contributed by atoms with E-state index in [2.05, 4.69) is 5.32 Å². The van der Waals surface area contributed by atoms with Crippen LogP contribution in [0.2, 0.25) is 0 Å². The summed E-state index contributed by atoms with van der Waals surface area (Å²) in [6.45, 7) is 3.72. The number of amides is 1. The van der Waals surface area contributed by atoms with Crippen LogP contribution in [-0.4, -0.2) is 67.5 Å². The number of piperidine rings is 1. The lowest BCUT2D eigenvalue weighted by Crippen LogP contribution is -2.52. The molecule has 3 aliphatic rings. The summed E-state index contributed by atoms with van der Waals surface area (Å²) >= 11 is 0. The maximum absolute atomic E-state index is 12.8. The van der Waals surface area contributed by atoms with Crippen LogP contribution >= 0.6 is 12.4 Å². The van der Waals surface area contributed by atoms with Crippen molar-refractivity contribution in [2.45, 2.75) is 70.0 Å². The molecule has 1 N–H and O–H groups in total. The molecule has 3 fully saturated rings. The molecule has 25 heavy (non-hydrogen) atoms. The largest absolute Gasteiger partial charge is 0.341 e. The molecule has 3 atom stereocenters. The highest BCUT2D eigenvalue weighted by atomic mass is 35.5. The van der Waals surface area contributed by atoms with Crippen LogP contribution in [0.1, 0.15) is 51.9 Å². The monoisotopic (exact) mass is 393 g/mol. The van der Waals surface area contributed by atoms with E-state index < -0.39 is 10.0 Å². The topological polar surface area (TPSA) is 69.7 Å². The molecule has 3 rings (SSSR count). The number of hydrogen-bond acceptors (Lipinski definition) is 4. The summed E-state index contributed by atoms with van der Waals surface area (Å²) in [6.07, 6.45) is 8.77. The van der Waals surface area contributed by atoms with Gasteiger partial charge in [-0.15, -0.1) is 12.4 Å². The van der Waals surface area contributed by atoms with E-state index in [1.54, 1.807) is 4.31 Å². The van der Waals surface area contributed by atoms with Gasteiger partial charge in [0.25, 0.3) is 0 Å². The summed E-state index contributed by atoms with van der Waals surface area (Å²) in [7, 11) is -3.16. The number of fused-ring (bicyclic) bond motifs is 1. The van der Waals surface area contributed by atoms with Gasteiger partial charge >= 0.3 is 0 Å². The number of halogens is 1. The number of sulfonamides is 1. The van der Waals surface area contributed by atoms with Crippen LogP contribution in [0.3, 0.4) is 0 Å². The Hall–Kier alpha value is -0.370. The molecule has 1 aliphatic carbocycles. The first-order valence-electron chi connectivity index (χ1n) is 9.41. The number of nitrogens with one attached hydrogen (secondary N) is 1. The van der Waals surface area contributed by atoms with E-state index >= 15 is 0 Å². The van der Waals surface area contributed by atoms with Gasteiger partial charge in [-0.1, -0.05) is 19.8 Å². The molecule has 8 heteroatoms. The number of hydrogen-bond donors (Lipinski definition) is 1. The van der Waals surface area contributed by atoms with E-state index in [0.717, 1.165) is 19.3 Å². The van der Waals surface area contributed by atoms with E-state index in [1.165, 1.54) is 31.9 Å². The Morgan fingerprint density at radius 3 is 2.36 bits per heavy atom. The Morgan fingerprint density at radius 1 is 1.16 bits per heavy atom. The van der Waals surface area contributed by atoms with Gasteiger partial charge in [-0.25, -0.2) is 8.42 Å². The van der Waals surface area contributed by atoms with E-state index in [1.807, 2.05) is 11.8 Å². The fourth-order valence-electron chi connectivity index (χ4n) is 4.87. The maximum Gasteiger partial charge on any atom is 0.239 e. The molecule has 2 saturated heterocycles. The van der Waals surface area contributed by atoms with Crippen LogP contribution in [0, 0.1) is 5.92 Å². The minimum Gasteiger partial charge on any atom is -0.341 e. The van der Waals surface area contributed by atoms with Gasteiger partial charge in [-0.05, 0) is 38.0 Å². The number of likely N-dealkylation sites (tertiary alicyclic amines) is 1. The molecule has 2 heterocycles. The van der Waals surface area contributed by atoms with Crippen LogP contribution in [0.5, 0.6) is 0 Å². The van der Waals surface area contributed by atoms with Crippen molar-refractivity contribution in [1.29, 1.82) is 0 Å². The van der Waals surface area contributed by atoms with Gasteiger partial charge in [0.15, 0.2) is 0 Å². The van der Waals surface area contributed by atoms with Gasteiger partial charge in [0.1, 0.15) is 0 Å².